The van der Waals surface area contributed by atoms with E-state index >= 15 is 0 Å². The van der Waals surface area contributed by atoms with Gasteiger partial charge in [-0.2, -0.15) is 18.2 Å². The molecule has 1 N–H and O–H groups in total. The zero-order valence-corrected chi connectivity index (χ0v) is 13.0. The lowest BCUT2D eigenvalue weighted by molar-refractivity contribution is -0.159. The summed E-state index contributed by atoms with van der Waals surface area (Å²) in [5, 5.41) is 5.82. The maximum atomic E-state index is 13.1. The predicted molar refractivity (Wildman–Crippen MR) is 82.9 cm³/mol. The van der Waals surface area contributed by atoms with E-state index in [4.69, 9.17) is 0 Å². The van der Waals surface area contributed by atoms with Crippen LogP contribution in [0.3, 0.4) is 0 Å². The summed E-state index contributed by atoms with van der Waals surface area (Å²) in [7, 11) is 0. The van der Waals surface area contributed by atoms with Gasteiger partial charge in [0.25, 0.3) is 5.91 Å². The Balaban J connectivity index is 1.66. The number of hydrogen-bond donors (Lipinski definition) is 1. The van der Waals surface area contributed by atoms with Crippen LogP contribution in [0.2, 0.25) is 0 Å². The summed E-state index contributed by atoms with van der Waals surface area (Å²) >= 11 is 0. The molecule has 0 spiro atoms. The third kappa shape index (κ3) is 4.24. The summed E-state index contributed by atoms with van der Waals surface area (Å²) in [4.78, 5) is 15.4. The number of carbonyl (C=O) groups excluding carboxylic acids is 1. The van der Waals surface area contributed by atoms with E-state index in [1.54, 1.807) is 18.2 Å². The topological polar surface area (TPSA) is 68.0 Å². The van der Waals surface area contributed by atoms with Crippen LogP contribution in [0.25, 0.3) is 0 Å². The number of nitrogens with zero attached hydrogens (tertiary/aromatic N) is 2. The smallest absolute Gasteiger partial charge is 0.329 e. The molecular weight excluding hydrogens is 354 g/mol. The molecule has 0 bridgehead atoms. The lowest BCUT2D eigenvalue weighted by Crippen LogP contribution is -2.12. The fraction of sp³-hybridized carbons (Fsp3) is 0.118. The van der Waals surface area contributed by atoms with Crippen LogP contribution in [0.1, 0.15) is 27.6 Å². The number of hydrogen-bond acceptors (Lipinski definition) is 4. The SMILES string of the molecule is O=C(Nc1cccc(F)c1)c1ccc(Cc2noc(C(F)(F)F)n2)cc1. The van der Waals surface area contributed by atoms with Gasteiger partial charge in [0.05, 0.1) is 0 Å². The van der Waals surface area contributed by atoms with Crippen LogP contribution >= 0.6 is 0 Å². The zero-order chi connectivity index (χ0) is 18.7. The third-order valence-corrected chi connectivity index (χ3v) is 3.37. The van der Waals surface area contributed by atoms with Gasteiger partial charge in [0.2, 0.25) is 0 Å². The first kappa shape index (κ1) is 17.6. The molecule has 1 aromatic heterocycles. The first-order valence-electron chi connectivity index (χ1n) is 7.37. The van der Waals surface area contributed by atoms with Crippen LogP contribution in [0.5, 0.6) is 0 Å². The quantitative estimate of drug-likeness (QED) is 0.708. The second-order valence-electron chi connectivity index (χ2n) is 5.35. The highest BCUT2D eigenvalue weighted by Gasteiger charge is 2.38. The average Bonchev–Trinajstić information content (AvgIpc) is 3.04. The number of carbonyl (C=O) groups is 1. The van der Waals surface area contributed by atoms with Gasteiger partial charge in [-0.1, -0.05) is 23.4 Å². The van der Waals surface area contributed by atoms with Gasteiger partial charge in [0.15, 0.2) is 5.82 Å². The highest BCUT2D eigenvalue weighted by molar-refractivity contribution is 6.04. The van der Waals surface area contributed by atoms with E-state index in [2.05, 4.69) is 20.0 Å². The number of benzene rings is 2. The van der Waals surface area contributed by atoms with Crippen molar-refractivity contribution in [2.24, 2.45) is 0 Å². The van der Waals surface area contributed by atoms with Crippen molar-refractivity contribution in [1.29, 1.82) is 0 Å². The summed E-state index contributed by atoms with van der Waals surface area (Å²) in [6.07, 6.45) is -4.67. The maximum Gasteiger partial charge on any atom is 0.471 e. The molecule has 0 aliphatic rings. The molecule has 0 saturated carbocycles. The van der Waals surface area contributed by atoms with Gasteiger partial charge in [-0.3, -0.25) is 4.79 Å². The van der Waals surface area contributed by atoms with Gasteiger partial charge in [-0.25, -0.2) is 4.39 Å². The first-order valence-corrected chi connectivity index (χ1v) is 7.37. The zero-order valence-electron chi connectivity index (χ0n) is 13.0. The fourth-order valence-electron chi connectivity index (χ4n) is 2.17. The van der Waals surface area contributed by atoms with E-state index in [-0.39, 0.29) is 12.2 Å². The molecule has 134 valence electrons. The molecule has 3 aromatic rings. The molecule has 0 saturated heterocycles. The van der Waals surface area contributed by atoms with Crippen molar-refractivity contribution in [2.45, 2.75) is 12.6 Å². The minimum Gasteiger partial charge on any atom is -0.329 e. The summed E-state index contributed by atoms with van der Waals surface area (Å²) in [6.45, 7) is 0. The second kappa shape index (κ2) is 6.95. The Morgan fingerprint density at radius 2 is 1.85 bits per heavy atom. The van der Waals surface area contributed by atoms with Gasteiger partial charge in [0, 0.05) is 17.7 Å². The summed E-state index contributed by atoms with van der Waals surface area (Å²) in [5.41, 5.74) is 1.22. The first-order chi connectivity index (χ1) is 12.3. The average molecular weight is 365 g/mol. The minimum absolute atomic E-state index is 0.0192. The van der Waals surface area contributed by atoms with Gasteiger partial charge in [0.1, 0.15) is 5.82 Å². The molecule has 0 fully saturated rings. The van der Waals surface area contributed by atoms with Crippen molar-refractivity contribution in [3.05, 3.63) is 77.2 Å². The predicted octanol–water partition coefficient (Wildman–Crippen LogP) is 4.07. The molecule has 0 radical (unpaired) electrons. The van der Waals surface area contributed by atoms with Crippen LogP contribution in [-0.4, -0.2) is 16.0 Å². The van der Waals surface area contributed by atoms with Crippen molar-refractivity contribution in [3.63, 3.8) is 0 Å². The molecule has 3 rings (SSSR count). The van der Waals surface area contributed by atoms with Crippen molar-refractivity contribution in [1.82, 2.24) is 10.1 Å². The molecular formula is C17H11F4N3O2. The highest BCUT2D eigenvalue weighted by Crippen LogP contribution is 2.27. The Morgan fingerprint density at radius 3 is 2.46 bits per heavy atom. The van der Waals surface area contributed by atoms with Crippen LogP contribution in [0.15, 0.2) is 53.1 Å². The van der Waals surface area contributed by atoms with E-state index in [1.165, 1.54) is 30.3 Å². The summed E-state index contributed by atoms with van der Waals surface area (Å²) in [6, 6.07) is 11.6. The highest BCUT2D eigenvalue weighted by atomic mass is 19.4. The number of halogens is 4. The number of aromatic nitrogens is 2. The summed E-state index contributed by atoms with van der Waals surface area (Å²) < 4.78 is 54.5. The normalized spacial score (nSPS) is 11.4. The van der Waals surface area contributed by atoms with Crippen LogP contribution in [0.4, 0.5) is 23.2 Å². The molecule has 1 heterocycles. The van der Waals surface area contributed by atoms with Gasteiger partial charge >= 0.3 is 12.1 Å². The van der Waals surface area contributed by atoms with Gasteiger partial charge in [-0.05, 0) is 35.9 Å². The Bertz CT molecular complexity index is 920. The number of anilines is 1. The number of rotatable bonds is 4. The third-order valence-electron chi connectivity index (χ3n) is 3.37. The standard InChI is InChI=1S/C17H11F4N3O2/c18-12-2-1-3-13(9-12)22-15(25)11-6-4-10(5-7-11)8-14-23-16(26-24-14)17(19,20)21/h1-7,9H,8H2,(H,22,25). The van der Waals surface area contributed by atoms with Crippen LogP contribution in [-0.2, 0) is 12.6 Å². The maximum absolute atomic E-state index is 13.1. The fourth-order valence-corrected chi connectivity index (χ4v) is 2.17. The number of nitrogens with one attached hydrogen (secondary N) is 1. The number of amides is 1. The molecule has 0 unspecified atom stereocenters. The summed E-state index contributed by atoms with van der Waals surface area (Å²) in [5.74, 6) is -2.44. The molecule has 26 heavy (non-hydrogen) atoms. The van der Waals surface area contributed by atoms with Crippen molar-refractivity contribution < 1.29 is 26.9 Å². The molecule has 1 amide bonds. The Morgan fingerprint density at radius 1 is 1.12 bits per heavy atom. The Kier molecular flexibility index (Phi) is 4.70. The van der Waals surface area contributed by atoms with Crippen LogP contribution in [0, 0.1) is 5.82 Å². The van der Waals surface area contributed by atoms with E-state index in [0.29, 0.717) is 16.8 Å². The molecule has 2 aromatic carbocycles. The van der Waals surface area contributed by atoms with E-state index in [9.17, 15) is 22.4 Å². The molecule has 0 aliphatic carbocycles. The van der Waals surface area contributed by atoms with E-state index in [0.717, 1.165) is 0 Å². The number of alkyl halides is 3. The second-order valence-corrected chi connectivity index (χ2v) is 5.35. The Labute approximate surface area is 144 Å². The van der Waals surface area contributed by atoms with Crippen LogP contribution < -0.4 is 5.32 Å². The molecule has 5 nitrogen and oxygen atoms in total. The van der Waals surface area contributed by atoms with Crippen molar-refractivity contribution in [2.75, 3.05) is 5.32 Å². The molecule has 0 atom stereocenters. The minimum atomic E-state index is -4.69. The van der Waals surface area contributed by atoms with Crippen molar-refractivity contribution >= 4 is 11.6 Å². The van der Waals surface area contributed by atoms with Crippen molar-refractivity contribution in [3.8, 4) is 0 Å². The van der Waals surface area contributed by atoms with Gasteiger partial charge in [-0.15, -0.1) is 0 Å². The largest absolute Gasteiger partial charge is 0.471 e. The molecule has 0 aliphatic heterocycles. The van der Waals surface area contributed by atoms with Gasteiger partial charge < -0.3 is 9.84 Å². The molecule has 9 heteroatoms. The Hall–Kier alpha value is -3.23. The lowest BCUT2D eigenvalue weighted by Gasteiger charge is -2.06. The van der Waals surface area contributed by atoms with E-state index in [1.807, 2.05) is 0 Å². The lowest BCUT2D eigenvalue weighted by atomic mass is 10.1. The van der Waals surface area contributed by atoms with E-state index < -0.39 is 23.8 Å². The monoisotopic (exact) mass is 365 g/mol.